The van der Waals surface area contributed by atoms with Crippen LogP contribution in [0.1, 0.15) is 39.9 Å². The minimum atomic E-state index is -4.46. The summed E-state index contributed by atoms with van der Waals surface area (Å²) in [6.07, 6.45) is 1.93. The van der Waals surface area contributed by atoms with Crippen molar-refractivity contribution < 1.29 is 18.0 Å². The highest BCUT2D eigenvalue weighted by Crippen LogP contribution is 2.31. The smallest absolute Gasteiger partial charge is 0.367 e. The van der Waals surface area contributed by atoms with Gasteiger partial charge in [-0.2, -0.15) is 13.2 Å². The zero-order chi connectivity index (χ0) is 30.1. The van der Waals surface area contributed by atoms with Crippen molar-refractivity contribution >= 4 is 34.3 Å². The van der Waals surface area contributed by atoms with E-state index in [9.17, 15) is 18.0 Å². The Hall–Kier alpha value is -4.93. The second-order valence-electron chi connectivity index (χ2n) is 10.8. The highest BCUT2D eigenvalue weighted by atomic mass is 19.4. The number of pyridine rings is 3. The van der Waals surface area contributed by atoms with Crippen LogP contribution in [0.25, 0.3) is 22.2 Å². The van der Waals surface area contributed by atoms with E-state index < -0.39 is 11.7 Å². The van der Waals surface area contributed by atoms with Gasteiger partial charge in [0.15, 0.2) is 0 Å². The number of hydrogen-bond acceptors (Lipinski definition) is 6. The summed E-state index contributed by atoms with van der Waals surface area (Å²) in [7, 11) is 0. The number of anilines is 3. The third-order valence-electron chi connectivity index (χ3n) is 7.64. The standard InChI is InChI=1S/C32H30F3N7O/c1-19-13-27(40-30(14-19)41-29-16-23(7-10-36-29)32(33,34)35)22-4-6-28(38-18-22)39-24-8-11-42(12-9-24)31(43)21-3-5-26-25(15-21)20(2)17-37-26/h3-7,10,13-18,24,37H,8-9,11-12H2,1-2H3,(H,38,39)(H,36,40,41). The maximum atomic E-state index is 13.1. The topological polar surface area (TPSA) is 98.8 Å². The highest BCUT2D eigenvalue weighted by molar-refractivity contribution is 5.98. The Kier molecular flexibility index (Phi) is 7.47. The maximum Gasteiger partial charge on any atom is 0.416 e. The SMILES string of the molecule is Cc1cc(Nc2cc(C(F)(F)F)ccn2)nc(-c2ccc(NC3CCN(C(=O)c4ccc5[nH]cc(C)c5c4)CC3)nc2)c1. The van der Waals surface area contributed by atoms with Crippen molar-refractivity contribution in [2.24, 2.45) is 0 Å². The van der Waals surface area contributed by atoms with Gasteiger partial charge in [-0.1, -0.05) is 0 Å². The van der Waals surface area contributed by atoms with Crippen LogP contribution in [0.5, 0.6) is 0 Å². The lowest BCUT2D eigenvalue weighted by Crippen LogP contribution is -2.42. The van der Waals surface area contributed by atoms with E-state index in [1.165, 1.54) is 0 Å². The molecule has 4 aromatic heterocycles. The maximum absolute atomic E-state index is 13.1. The summed E-state index contributed by atoms with van der Waals surface area (Å²) in [6.45, 7) is 5.22. The molecule has 1 aliphatic rings. The molecular formula is C32H30F3N7O. The number of likely N-dealkylation sites (tertiary alicyclic amines) is 1. The number of aromatic nitrogens is 4. The number of amides is 1. The first-order chi connectivity index (χ1) is 20.6. The Morgan fingerprint density at radius 3 is 2.51 bits per heavy atom. The molecule has 0 saturated carbocycles. The van der Waals surface area contributed by atoms with Gasteiger partial charge < -0.3 is 20.5 Å². The molecule has 0 atom stereocenters. The summed E-state index contributed by atoms with van der Waals surface area (Å²) in [5.74, 6) is 1.21. The molecule has 1 amide bonds. The van der Waals surface area contributed by atoms with Crippen LogP contribution in [-0.2, 0) is 6.18 Å². The molecule has 5 aromatic rings. The molecule has 220 valence electrons. The largest absolute Gasteiger partial charge is 0.416 e. The first kappa shape index (κ1) is 28.2. The van der Waals surface area contributed by atoms with E-state index in [1.54, 1.807) is 12.3 Å². The van der Waals surface area contributed by atoms with Crippen LogP contribution < -0.4 is 10.6 Å². The number of nitrogens with one attached hydrogen (secondary N) is 3. The number of aryl methyl sites for hydroxylation is 2. The van der Waals surface area contributed by atoms with E-state index in [4.69, 9.17) is 0 Å². The number of hydrogen-bond donors (Lipinski definition) is 3. The molecule has 1 saturated heterocycles. The minimum Gasteiger partial charge on any atom is -0.367 e. The number of carbonyl (C=O) groups is 1. The van der Waals surface area contributed by atoms with Crippen LogP contribution in [0, 0.1) is 13.8 Å². The fourth-order valence-electron chi connectivity index (χ4n) is 5.33. The van der Waals surface area contributed by atoms with Crippen molar-refractivity contribution in [3.8, 4) is 11.3 Å². The van der Waals surface area contributed by atoms with Gasteiger partial charge in [0.05, 0.1) is 11.3 Å². The summed E-state index contributed by atoms with van der Waals surface area (Å²) in [5, 5.41) is 7.42. The van der Waals surface area contributed by atoms with Gasteiger partial charge in [-0.3, -0.25) is 4.79 Å². The number of benzene rings is 1. The summed E-state index contributed by atoms with van der Waals surface area (Å²) >= 11 is 0. The lowest BCUT2D eigenvalue weighted by molar-refractivity contribution is -0.137. The number of carbonyl (C=O) groups excluding carboxylic acids is 1. The zero-order valence-corrected chi connectivity index (χ0v) is 23.7. The molecule has 5 heterocycles. The normalized spacial score (nSPS) is 14.2. The number of H-pyrrole nitrogens is 1. The molecule has 8 nitrogen and oxygen atoms in total. The van der Waals surface area contributed by atoms with Crippen LogP contribution in [0.3, 0.4) is 0 Å². The van der Waals surface area contributed by atoms with E-state index >= 15 is 0 Å². The Morgan fingerprint density at radius 2 is 1.77 bits per heavy atom. The Bertz CT molecular complexity index is 1770. The molecule has 11 heteroatoms. The van der Waals surface area contributed by atoms with Gasteiger partial charge in [-0.15, -0.1) is 0 Å². The third-order valence-corrected chi connectivity index (χ3v) is 7.64. The van der Waals surface area contributed by atoms with E-state index in [2.05, 4.69) is 30.6 Å². The van der Waals surface area contributed by atoms with Crippen LogP contribution in [0.2, 0.25) is 0 Å². The van der Waals surface area contributed by atoms with E-state index in [1.807, 2.05) is 61.3 Å². The van der Waals surface area contributed by atoms with Crippen LogP contribution in [-0.4, -0.2) is 49.9 Å². The van der Waals surface area contributed by atoms with Crippen LogP contribution >= 0.6 is 0 Å². The van der Waals surface area contributed by atoms with Crippen LogP contribution in [0.4, 0.5) is 30.6 Å². The number of nitrogens with zero attached hydrogens (tertiary/aromatic N) is 4. The lowest BCUT2D eigenvalue weighted by atomic mass is 10.0. The number of halogens is 3. The third kappa shape index (κ3) is 6.30. The van der Waals surface area contributed by atoms with E-state index in [-0.39, 0.29) is 17.8 Å². The van der Waals surface area contributed by atoms with Gasteiger partial charge in [-0.05, 0) is 92.4 Å². The van der Waals surface area contributed by atoms with E-state index in [0.717, 1.165) is 64.6 Å². The summed E-state index contributed by atoms with van der Waals surface area (Å²) in [4.78, 5) is 31.4. The monoisotopic (exact) mass is 585 g/mol. The average Bonchev–Trinajstić information content (AvgIpc) is 3.37. The Labute approximate surface area is 246 Å². The lowest BCUT2D eigenvalue weighted by Gasteiger charge is -2.32. The second-order valence-corrected chi connectivity index (χ2v) is 10.8. The molecule has 43 heavy (non-hydrogen) atoms. The summed E-state index contributed by atoms with van der Waals surface area (Å²) < 4.78 is 39.3. The van der Waals surface area contributed by atoms with Crippen molar-refractivity contribution in [1.82, 2.24) is 24.8 Å². The number of alkyl halides is 3. The van der Waals surface area contributed by atoms with Gasteiger partial charge in [-0.25, -0.2) is 15.0 Å². The van der Waals surface area contributed by atoms with Gasteiger partial charge >= 0.3 is 6.18 Å². The van der Waals surface area contributed by atoms with Gasteiger partial charge in [0.2, 0.25) is 0 Å². The number of aromatic amines is 1. The number of rotatable bonds is 6. The number of piperidine rings is 1. The second kappa shape index (κ2) is 11.4. The molecule has 1 fully saturated rings. The minimum absolute atomic E-state index is 0.0479. The van der Waals surface area contributed by atoms with Crippen molar-refractivity contribution in [3.63, 3.8) is 0 Å². The van der Waals surface area contributed by atoms with E-state index in [0.29, 0.717) is 30.2 Å². The van der Waals surface area contributed by atoms with Gasteiger partial charge in [0, 0.05) is 59.8 Å². The fourth-order valence-corrected chi connectivity index (χ4v) is 5.33. The average molecular weight is 586 g/mol. The van der Waals surface area contributed by atoms with Crippen molar-refractivity contribution in [3.05, 3.63) is 95.4 Å². The first-order valence-electron chi connectivity index (χ1n) is 14.0. The molecule has 3 N–H and O–H groups in total. The fraction of sp³-hybridized carbons (Fsp3) is 0.250. The summed E-state index contributed by atoms with van der Waals surface area (Å²) in [5.41, 5.74) is 4.34. The molecule has 1 aliphatic heterocycles. The van der Waals surface area contributed by atoms with Crippen molar-refractivity contribution in [2.45, 2.75) is 38.9 Å². The molecular weight excluding hydrogens is 555 g/mol. The molecule has 0 unspecified atom stereocenters. The Morgan fingerprint density at radius 1 is 0.953 bits per heavy atom. The zero-order valence-electron chi connectivity index (χ0n) is 23.7. The van der Waals surface area contributed by atoms with Gasteiger partial charge in [0.1, 0.15) is 17.5 Å². The first-order valence-corrected chi connectivity index (χ1v) is 14.0. The summed E-state index contributed by atoms with van der Waals surface area (Å²) in [6, 6.07) is 15.3. The molecule has 6 rings (SSSR count). The molecule has 0 aliphatic carbocycles. The van der Waals surface area contributed by atoms with Gasteiger partial charge in [0.25, 0.3) is 5.91 Å². The van der Waals surface area contributed by atoms with Crippen molar-refractivity contribution in [1.29, 1.82) is 0 Å². The number of fused-ring (bicyclic) bond motifs is 1. The quantitative estimate of drug-likeness (QED) is 0.196. The molecule has 1 aromatic carbocycles. The van der Waals surface area contributed by atoms with Crippen molar-refractivity contribution in [2.75, 3.05) is 23.7 Å². The molecule has 0 spiro atoms. The predicted molar refractivity (Wildman–Crippen MR) is 160 cm³/mol. The molecule has 0 radical (unpaired) electrons. The van der Waals surface area contributed by atoms with Crippen LogP contribution in [0.15, 0.2) is 73.2 Å². The predicted octanol–water partition coefficient (Wildman–Crippen LogP) is 7.12. The molecule has 0 bridgehead atoms. The highest BCUT2D eigenvalue weighted by Gasteiger charge is 2.31. The Balaban J connectivity index is 1.07.